The molecule has 4 heterocycles. The molecule has 0 spiro atoms. The number of allylic oxidation sites excluding steroid dienone is 10. The Morgan fingerprint density at radius 1 is 0.459 bits per heavy atom. The third-order valence-electron chi connectivity index (χ3n) is 23.9. The topological polar surface area (TPSA) is 334 Å². The number of aromatic hydroxyl groups is 2. The Labute approximate surface area is 782 Å². The van der Waals surface area contributed by atoms with Gasteiger partial charge in [-0.25, -0.2) is 17.6 Å². The van der Waals surface area contributed by atoms with Gasteiger partial charge in [0.1, 0.15) is 46.3 Å². The minimum absolute atomic E-state index is 0.0127. The standard InChI is InChI=1S/C27H26FNO4.C26H26BFN2O5.C26H24FNO4.C25H24BFN2O5S/c1-16-19(9-10-24(30)23-6-5-11-29(23)2)22-15-18(28)7-8-20(22)21(16)12-17-13-25(32-3)27(31)26(14-17)33-4;1-15-20(8-17-9-23(34-2)26(27(32)33)24(10-17)35-3)19-5-4-18(28)11-22(19)21(15)12-25(31)30-14-16-6-7-29-13-16;1-15-18(8-9-23(29)22-5-4-10-28-22)21-14-17(27)6-7-19(21)20(15)11-16-12-24(31-2)26(30)25(13-16)32-3;1-14-19(6-15-7-22(33-2)25(26(31)32)23(8-15)34-3)18-5-4-16(27)9-21(18)20(14)10-24(30)29-12-17-11-28-13-35-17/h5-8,11-15,31H,9-10H2,1-4H3;4-5,7-11,13,32-33H,6,12,14H2,1-3H3,(H,30,31);4-7,10-14,28,30H,8-9H2,1-3H3;4-9,11,13,31-32H,10,12H2,1-3H3,(H,29,30)/b21-12-;20-8-;20-11-;19-6-. The Balaban J connectivity index is 0.000000153. The highest BCUT2D eigenvalue weighted by Gasteiger charge is 2.33. The molecule has 0 saturated carbocycles. The first-order valence-corrected chi connectivity index (χ1v) is 43.7. The van der Waals surface area contributed by atoms with Gasteiger partial charge in [-0.1, -0.05) is 24.3 Å². The van der Waals surface area contributed by atoms with Crippen molar-refractivity contribution >= 4 is 135 Å². The minimum Gasteiger partial charge on any atom is -0.502 e. The fraction of sp³-hybridized carbons (Fsp3) is 0.212. The number of aromatic amines is 1. The maximum Gasteiger partial charge on any atom is 0.496 e. The van der Waals surface area contributed by atoms with Crippen molar-refractivity contribution in [1.29, 1.82) is 0 Å². The Morgan fingerprint density at radius 3 is 1.13 bits per heavy atom. The predicted octanol–water partition coefficient (Wildman–Crippen LogP) is 17.5. The SMILES string of the molecule is COc1cc(/C=C2/C(C)=C(CC(=O)NCC3=CN=CC3)c3cc(F)ccc32)cc(OC)c1B(O)O.COc1cc(/C=C2/C(C)=C(CC(=O)NCc3cncs3)c3cc(F)ccc32)cc(OC)c1B(O)O.COc1cc(/C=C2/C(C)=C(CCC(=O)c3ccc[nH]3)c3cc(F)ccc32)cc(OC)c1O.COc1cc(/C=C2/C(C)=C(CCC(=O)c3cccn3C)c3cc(F)ccc32)cc(OC)c1O. The summed E-state index contributed by atoms with van der Waals surface area (Å²) in [6, 6.07) is 39.3. The largest absolute Gasteiger partial charge is 0.502 e. The van der Waals surface area contributed by atoms with Gasteiger partial charge in [0.15, 0.2) is 34.6 Å². The second kappa shape index (κ2) is 43.7. The molecule has 694 valence electrons. The van der Waals surface area contributed by atoms with Crippen LogP contribution in [0.3, 0.4) is 0 Å². The second-order valence-electron chi connectivity index (χ2n) is 32.0. The van der Waals surface area contributed by atoms with Crippen molar-refractivity contribution in [2.45, 2.75) is 79.2 Å². The molecule has 1 aliphatic heterocycles. The fourth-order valence-corrected chi connectivity index (χ4v) is 17.6. The summed E-state index contributed by atoms with van der Waals surface area (Å²) in [5, 5.41) is 65.2. The molecule has 5 aliphatic rings. The zero-order valence-corrected chi connectivity index (χ0v) is 77.3. The molecule has 11 aromatic rings. The number of carbonyl (C=O) groups is 4. The number of nitrogens with zero attached hydrogens (tertiary/aromatic N) is 3. The number of hydrogen-bond donors (Lipinski definition) is 9. The third-order valence-corrected chi connectivity index (χ3v) is 24.7. The molecule has 0 fully saturated rings. The molecule has 8 aromatic carbocycles. The van der Waals surface area contributed by atoms with Gasteiger partial charge in [0, 0.05) is 68.7 Å². The lowest BCUT2D eigenvalue weighted by atomic mass is 9.78. The lowest BCUT2D eigenvalue weighted by Crippen LogP contribution is -2.32. The van der Waals surface area contributed by atoms with Crippen LogP contribution < -0.4 is 59.5 Å². The number of ether oxygens (including phenoxy) is 8. The number of carbonyl (C=O) groups excluding carboxylic acids is 4. The number of Topliss-reactive ketones (excluding diaryl/α,β-unsaturated/α-hetero) is 2. The van der Waals surface area contributed by atoms with E-state index in [0.717, 1.165) is 128 Å². The van der Waals surface area contributed by atoms with Crippen molar-refractivity contribution in [2.75, 3.05) is 63.4 Å². The van der Waals surface area contributed by atoms with Gasteiger partial charge in [-0.05, 0) is 325 Å². The van der Waals surface area contributed by atoms with Crippen LogP contribution in [0.1, 0.15) is 165 Å². The van der Waals surface area contributed by atoms with Gasteiger partial charge in [0.25, 0.3) is 0 Å². The van der Waals surface area contributed by atoms with E-state index in [2.05, 4.69) is 25.6 Å². The van der Waals surface area contributed by atoms with Gasteiger partial charge >= 0.3 is 14.2 Å². The molecule has 2 amide bonds. The van der Waals surface area contributed by atoms with E-state index in [1.165, 1.54) is 117 Å². The molecular formula is C104H100B2F4N6O18S. The number of aromatic nitrogens is 3. The Morgan fingerprint density at radius 2 is 0.815 bits per heavy atom. The number of aryl methyl sites for hydroxylation is 1. The first-order valence-electron chi connectivity index (χ1n) is 42.8. The number of ketones is 2. The normalized spacial score (nSPS) is 14.3. The van der Waals surface area contributed by atoms with E-state index >= 15 is 0 Å². The van der Waals surface area contributed by atoms with E-state index < -0.39 is 14.2 Å². The van der Waals surface area contributed by atoms with Gasteiger partial charge in [-0.3, -0.25) is 29.2 Å². The maximum absolute atomic E-state index is 14.2. The highest BCUT2D eigenvalue weighted by atomic mass is 32.1. The first kappa shape index (κ1) is 97.8. The molecule has 0 bridgehead atoms. The molecular weight excluding hydrogens is 1750 g/mol. The van der Waals surface area contributed by atoms with Crippen LogP contribution in [0.2, 0.25) is 0 Å². The number of rotatable bonds is 30. The number of phenols is 2. The van der Waals surface area contributed by atoms with Crippen molar-refractivity contribution in [3.8, 4) is 57.5 Å². The Kier molecular flexibility index (Phi) is 31.7. The van der Waals surface area contributed by atoms with Crippen LogP contribution in [0, 0.1) is 23.3 Å². The van der Waals surface area contributed by atoms with E-state index in [-0.39, 0.29) is 105 Å². The molecule has 24 nitrogen and oxygen atoms in total. The van der Waals surface area contributed by atoms with E-state index in [1.807, 2.05) is 81.9 Å². The van der Waals surface area contributed by atoms with Crippen molar-refractivity contribution in [2.24, 2.45) is 12.0 Å². The van der Waals surface area contributed by atoms with Crippen LogP contribution in [-0.2, 0) is 23.2 Å². The quantitative estimate of drug-likeness (QED) is 0.0115. The number of phenolic OH excluding ortho intramolecular Hbond substituents is 2. The summed E-state index contributed by atoms with van der Waals surface area (Å²) < 4.78 is 101. The van der Waals surface area contributed by atoms with Gasteiger partial charge in [-0.15, -0.1) is 11.3 Å². The van der Waals surface area contributed by atoms with Crippen molar-refractivity contribution < 1.29 is 105 Å². The molecule has 135 heavy (non-hydrogen) atoms. The van der Waals surface area contributed by atoms with E-state index in [9.17, 15) is 67.0 Å². The summed E-state index contributed by atoms with van der Waals surface area (Å²) in [7, 11) is 9.94. The van der Waals surface area contributed by atoms with Crippen molar-refractivity contribution in [3.05, 3.63) is 310 Å². The number of fused-ring (bicyclic) bond motifs is 4. The van der Waals surface area contributed by atoms with Crippen LogP contribution in [0.4, 0.5) is 17.6 Å². The number of nitrogens with one attached hydrogen (secondary N) is 3. The number of thiazole rings is 1. The van der Waals surface area contributed by atoms with Gasteiger partial charge < -0.3 is 88.4 Å². The lowest BCUT2D eigenvalue weighted by molar-refractivity contribution is -0.120. The lowest BCUT2D eigenvalue weighted by Gasteiger charge is -2.14. The molecule has 0 atom stereocenters. The molecule has 16 rings (SSSR count). The molecule has 31 heteroatoms. The minimum atomic E-state index is -1.77. The predicted molar refractivity (Wildman–Crippen MR) is 519 cm³/mol. The number of benzene rings is 8. The van der Waals surface area contributed by atoms with Crippen LogP contribution in [-0.4, -0.2) is 152 Å². The van der Waals surface area contributed by atoms with E-state index in [1.54, 1.807) is 115 Å². The highest BCUT2D eigenvalue weighted by molar-refractivity contribution is 7.09. The Bertz CT molecular complexity index is 6660. The van der Waals surface area contributed by atoms with Crippen LogP contribution in [0.25, 0.3) is 68.9 Å². The number of aliphatic imine (C=N–C) groups is 1. The Hall–Kier alpha value is -14.8. The number of H-pyrrole nitrogens is 1. The maximum atomic E-state index is 14.2. The number of amides is 2. The number of methoxy groups -OCH3 is 8. The third kappa shape index (κ3) is 22.1. The van der Waals surface area contributed by atoms with Crippen LogP contribution in [0.15, 0.2) is 209 Å². The summed E-state index contributed by atoms with van der Waals surface area (Å²) in [5.41, 5.74) is 24.1. The summed E-state index contributed by atoms with van der Waals surface area (Å²) in [6.07, 6.45) is 19.1. The molecule has 0 radical (unpaired) electrons. The zero-order valence-electron chi connectivity index (χ0n) is 76.5. The summed E-state index contributed by atoms with van der Waals surface area (Å²) in [6.45, 7) is 8.58. The van der Waals surface area contributed by atoms with Crippen LogP contribution >= 0.6 is 11.3 Å². The van der Waals surface area contributed by atoms with Crippen LogP contribution in [0.5, 0.6) is 57.5 Å². The second-order valence-corrected chi connectivity index (χ2v) is 33.0. The molecule has 0 saturated heterocycles. The molecule has 9 N–H and O–H groups in total. The highest BCUT2D eigenvalue weighted by Crippen LogP contribution is 2.51. The van der Waals surface area contributed by atoms with E-state index in [4.69, 9.17) is 37.9 Å². The fourth-order valence-electron chi connectivity index (χ4n) is 17.0. The number of hydrogen-bond acceptors (Lipinski definition) is 21. The first-order chi connectivity index (χ1) is 64.9. The smallest absolute Gasteiger partial charge is 0.496 e. The summed E-state index contributed by atoms with van der Waals surface area (Å²) >= 11 is 1.46. The average molecular weight is 1850 g/mol. The molecule has 0 unspecified atom stereocenters. The molecule has 3 aromatic heterocycles. The summed E-state index contributed by atoms with van der Waals surface area (Å²) in [4.78, 5) is 62.6. The zero-order chi connectivity index (χ0) is 96.7. The van der Waals surface area contributed by atoms with Crippen molar-refractivity contribution in [1.82, 2.24) is 25.2 Å². The van der Waals surface area contributed by atoms with E-state index in [0.29, 0.717) is 95.4 Å². The summed E-state index contributed by atoms with van der Waals surface area (Å²) in [5.74, 6) is 0.420. The molecule has 4 aliphatic carbocycles. The van der Waals surface area contributed by atoms with Crippen molar-refractivity contribution in [3.63, 3.8) is 0 Å². The van der Waals surface area contributed by atoms with Gasteiger partial charge in [0.2, 0.25) is 23.3 Å². The van der Waals surface area contributed by atoms with Gasteiger partial charge in [-0.2, -0.15) is 0 Å². The monoisotopic (exact) mass is 1850 g/mol. The number of halogens is 4. The average Bonchev–Trinajstić information content (AvgIpc) is 1.62. The van der Waals surface area contributed by atoms with Gasteiger partial charge in [0.05, 0.1) is 104 Å².